The predicted octanol–water partition coefficient (Wildman–Crippen LogP) is 7.06. The van der Waals surface area contributed by atoms with Crippen LogP contribution in [-0.4, -0.2) is 42.6 Å². The summed E-state index contributed by atoms with van der Waals surface area (Å²) in [5.74, 6) is 0.470. The summed E-state index contributed by atoms with van der Waals surface area (Å²) in [5.41, 5.74) is 5.55. The second-order valence-corrected chi connectivity index (χ2v) is 12.8. The molecule has 3 heterocycles. The van der Waals surface area contributed by atoms with Gasteiger partial charge < -0.3 is 4.74 Å². The SMILES string of the molecule is CCCCOC(=O)C1(C2CCCn3c(CCCC)c(Cc4ccc(-c5ccccc5-c5nn[nH]n5)cc4)c(=O)n32)CCCCC1. The highest BCUT2D eigenvalue weighted by molar-refractivity contribution is 5.80. The minimum Gasteiger partial charge on any atom is -0.465 e. The van der Waals surface area contributed by atoms with Gasteiger partial charge in [0.1, 0.15) is 0 Å². The van der Waals surface area contributed by atoms with Crippen LogP contribution >= 0.6 is 0 Å². The summed E-state index contributed by atoms with van der Waals surface area (Å²) in [5, 5.41) is 14.6. The number of aromatic nitrogens is 6. The summed E-state index contributed by atoms with van der Waals surface area (Å²) in [4.78, 5) is 28.4. The summed E-state index contributed by atoms with van der Waals surface area (Å²) < 4.78 is 10.2. The van der Waals surface area contributed by atoms with E-state index in [2.05, 4.69) is 69.5 Å². The van der Waals surface area contributed by atoms with Crippen LogP contribution in [0.25, 0.3) is 22.5 Å². The molecule has 0 amide bonds. The van der Waals surface area contributed by atoms with Crippen molar-refractivity contribution in [1.29, 1.82) is 0 Å². The second kappa shape index (κ2) is 14.0. The molecule has 4 aromatic rings. The lowest BCUT2D eigenvalue weighted by Gasteiger charge is -2.44. The lowest BCUT2D eigenvalue weighted by atomic mass is 9.67. The molecule has 1 aliphatic heterocycles. The van der Waals surface area contributed by atoms with E-state index in [1.165, 1.54) is 0 Å². The van der Waals surface area contributed by atoms with Gasteiger partial charge in [0.25, 0.3) is 5.56 Å². The molecule has 9 nitrogen and oxygen atoms in total. The van der Waals surface area contributed by atoms with Crippen LogP contribution in [0.2, 0.25) is 0 Å². The fourth-order valence-corrected chi connectivity index (χ4v) is 7.60. The Kier molecular flexibility index (Phi) is 9.61. The van der Waals surface area contributed by atoms with Crippen molar-refractivity contribution < 1.29 is 9.53 Å². The number of fused-ring (bicyclic) bond motifs is 1. The molecule has 45 heavy (non-hydrogen) atoms. The number of carbonyl (C=O) groups excluding carboxylic acids is 1. The fraction of sp³-hybridized carbons (Fsp3) is 0.528. The number of H-pyrrole nitrogens is 1. The van der Waals surface area contributed by atoms with E-state index in [1.54, 1.807) is 0 Å². The Morgan fingerprint density at radius 1 is 0.978 bits per heavy atom. The number of hydrogen-bond donors (Lipinski definition) is 1. The largest absolute Gasteiger partial charge is 0.465 e. The first-order valence-corrected chi connectivity index (χ1v) is 17.0. The molecular formula is C36H46N6O3. The average Bonchev–Trinajstić information content (AvgIpc) is 3.71. The van der Waals surface area contributed by atoms with Gasteiger partial charge in [0.15, 0.2) is 0 Å². The topological polar surface area (TPSA) is 108 Å². The molecule has 0 spiro atoms. The van der Waals surface area contributed by atoms with Crippen LogP contribution in [0.3, 0.4) is 0 Å². The van der Waals surface area contributed by atoms with Gasteiger partial charge in [-0.2, -0.15) is 5.21 Å². The zero-order valence-electron chi connectivity index (χ0n) is 26.8. The molecule has 1 N–H and O–H groups in total. The van der Waals surface area contributed by atoms with E-state index in [0.29, 0.717) is 18.9 Å². The van der Waals surface area contributed by atoms with Gasteiger partial charge in [-0.25, -0.2) is 4.68 Å². The Balaban J connectivity index is 1.35. The zero-order chi connectivity index (χ0) is 31.2. The van der Waals surface area contributed by atoms with Crippen molar-refractivity contribution in [3.63, 3.8) is 0 Å². The van der Waals surface area contributed by atoms with Crippen molar-refractivity contribution in [2.75, 3.05) is 6.61 Å². The number of benzene rings is 2. The predicted molar refractivity (Wildman–Crippen MR) is 175 cm³/mol. The van der Waals surface area contributed by atoms with Crippen LogP contribution in [0.15, 0.2) is 53.3 Å². The van der Waals surface area contributed by atoms with Crippen molar-refractivity contribution in [2.45, 2.75) is 110 Å². The molecule has 2 aromatic carbocycles. The lowest BCUT2D eigenvalue weighted by Crippen LogP contribution is -2.48. The molecular weight excluding hydrogens is 564 g/mol. The van der Waals surface area contributed by atoms with E-state index in [4.69, 9.17) is 4.74 Å². The third kappa shape index (κ3) is 6.14. The Hall–Kier alpha value is -4.01. The third-order valence-electron chi connectivity index (χ3n) is 9.98. The normalized spacial score (nSPS) is 17.6. The van der Waals surface area contributed by atoms with E-state index < -0.39 is 5.41 Å². The first-order valence-electron chi connectivity index (χ1n) is 17.0. The van der Waals surface area contributed by atoms with Gasteiger partial charge in [-0.1, -0.05) is 94.5 Å². The Morgan fingerprint density at radius 3 is 2.44 bits per heavy atom. The van der Waals surface area contributed by atoms with Crippen LogP contribution in [0.5, 0.6) is 0 Å². The van der Waals surface area contributed by atoms with Gasteiger partial charge >= 0.3 is 5.97 Å². The molecule has 1 saturated carbocycles. The Morgan fingerprint density at radius 2 is 1.73 bits per heavy atom. The molecule has 1 fully saturated rings. The maximum Gasteiger partial charge on any atom is 0.314 e. The minimum absolute atomic E-state index is 0.0728. The highest BCUT2D eigenvalue weighted by Crippen LogP contribution is 2.49. The van der Waals surface area contributed by atoms with Gasteiger partial charge in [-0.3, -0.25) is 14.3 Å². The van der Waals surface area contributed by atoms with Gasteiger partial charge in [-0.05, 0) is 66.8 Å². The van der Waals surface area contributed by atoms with Crippen LogP contribution in [0.1, 0.15) is 107 Å². The van der Waals surface area contributed by atoms with Gasteiger partial charge in [0, 0.05) is 29.8 Å². The number of esters is 1. The van der Waals surface area contributed by atoms with E-state index in [0.717, 1.165) is 117 Å². The Bertz CT molecular complexity index is 1630. The van der Waals surface area contributed by atoms with Gasteiger partial charge in [-0.15, -0.1) is 10.2 Å². The molecule has 1 unspecified atom stereocenters. The number of hydrogen-bond acceptors (Lipinski definition) is 6. The highest BCUT2D eigenvalue weighted by atomic mass is 16.5. The van der Waals surface area contributed by atoms with Crippen molar-refractivity contribution in [2.24, 2.45) is 5.41 Å². The molecule has 0 bridgehead atoms. The molecule has 1 atom stereocenters. The van der Waals surface area contributed by atoms with Gasteiger partial charge in [0.2, 0.25) is 5.82 Å². The molecule has 9 heteroatoms. The zero-order valence-corrected chi connectivity index (χ0v) is 26.8. The van der Waals surface area contributed by atoms with E-state index in [9.17, 15) is 9.59 Å². The number of nitrogens with one attached hydrogen (secondary N) is 1. The number of rotatable bonds is 12. The summed E-state index contributed by atoms with van der Waals surface area (Å²) in [6.45, 7) is 5.59. The summed E-state index contributed by atoms with van der Waals surface area (Å²) in [7, 11) is 0. The number of tetrazole rings is 1. The third-order valence-corrected chi connectivity index (χ3v) is 9.98. The summed E-state index contributed by atoms with van der Waals surface area (Å²) >= 11 is 0. The quantitative estimate of drug-likeness (QED) is 0.136. The number of unbranched alkanes of at least 4 members (excludes halogenated alkanes) is 2. The first kappa shape index (κ1) is 31.0. The highest BCUT2D eigenvalue weighted by Gasteiger charge is 2.50. The molecule has 0 saturated heterocycles. The molecule has 2 aromatic heterocycles. The molecule has 6 rings (SSSR count). The van der Waals surface area contributed by atoms with Crippen molar-refractivity contribution in [1.82, 2.24) is 30.0 Å². The van der Waals surface area contributed by atoms with E-state index in [-0.39, 0.29) is 17.6 Å². The van der Waals surface area contributed by atoms with Crippen molar-refractivity contribution in [3.8, 4) is 22.5 Å². The second-order valence-electron chi connectivity index (χ2n) is 12.8. The smallest absolute Gasteiger partial charge is 0.314 e. The monoisotopic (exact) mass is 610 g/mol. The minimum atomic E-state index is -0.626. The van der Waals surface area contributed by atoms with E-state index in [1.807, 2.05) is 22.9 Å². The number of nitrogens with zero attached hydrogens (tertiary/aromatic N) is 5. The number of ether oxygens (including phenoxy) is 1. The summed E-state index contributed by atoms with van der Waals surface area (Å²) in [6.07, 6.45) is 11.9. The maximum atomic E-state index is 14.5. The molecule has 1 aliphatic carbocycles. The number of carbonyl (C=O) groups is 1. The van der Waals surface area contributed by atoms with Crippen LogP contribution in [0, 0.1) is 5.41 Å². The van der Waals surface area contributed by atoms with Crippen molar-refractivity contribution >= 4 is 5.97 Å². The van der Waals surface area contributed by atoms with Crippen molar-refractivity contribution in [3.05, 3.63) is 75.7 Å². The van der Waals surface area contributed by atoms with Gasteiger partial charge in [0.05, 0.1) is 18.1 Å². The summed E-state index contributed by atoms with van der Waals surface area (Å²) in [6, 6.07) is 16.3. The maximum absolute atomic E-state index is 14.5. The first-order chi connectivity index (χ1) is 22.1. The molecule has 0 radical (unpaired) electrons. The van der Waals surface area contributed by atoms with Crippen LogP contribution in [0.4, 0.5) is 0 Å². The standard InChI is InChI=1S/C36H46N6O3/c1-3-5-15-31-30(25-26-17-19-27(20-18-26)28-13-8-9-14-29(28)33-37-39-40-38-33)34(43)42-32(16-12-23-41(31)42)36(21-10-7-11-22-36)35(44)45-24-6-4-2/h8-9,13-14,17-20,32H,3-7,10-12,15-16,21-25H2,1-2H3,(H,37,38,39,40). The lowest BCUT2D eigenvalue weighted by molar-refractivity contribution is -0.163. The number of aromatic amines is 1. The van der Waals surface area contributed by atoms with E-state index >= 15 is 0 Å². The average molecular weight is 611 g/mol. The van der Waals surface area contributed by atoms with Crippen LogP contribution < -0.4 is 5.56 Å². The molecule has 238 valence electrons. The van der Waals surface area contributed by atoms with Crippen LogP contribution in [-0.2, 0) is 28.9 Å². The molecule has 2 aliphatic rings. The fourth-order valence-electron chi connectivity index (χ4n) is 7.60. The Labute approximate surface area is 265 Å².